The van der Waals surface area contributed by atoms with Crippen LogP contribution < -0.4 is 9.64 Å². The Bertz CT molecular complexity index is 962. The maximum atomic E-state index is 14.4. The normalized spacial score (nSPS) is 17.3. The molecule has 0 atom stereocenters. The summed E-state index contributed by atoms with van der Waals surface area (Å²) < 4.78 is 19.9. The van der Waals surface area contributed by atoms with Crippen LogP contribution >= 0.6 is 0 Å². The van der Waals surface area contributed by atoms with E-state index in [4.69, 9.17) is 4.74 Å². The summed E-state index contributed by atoms with van der Waals surface area (Å²) in [4.78, 5) is 29.6. The van der Waals surface area contributed by atoms with Crippen molar-refractivity contribution in [1.82, 2.24) is 4.90 Å². The third kappa shape index (κ3) is 3.50. The van der Waals surface area contributed by atoms with Crippen LogP contribution in [0.5, 0.6) is 5.75 Å². The molecule has 0 aliphatic carbocycles. The van der Waals surface area contributed by atoms with E-state index in [9.17, 15) is 14.0 Å². The summed E-state index contributed by atoms with van der Waals surface area (Å²) in [6.45, 7) is 3.86. The Labute approximate surface area is 169 Å². The Kier molecular flexibility index (Phi) is 5.34. The van der Waals surface area contributed by atoms with Crippen LogP contribution in [0.1, 0.15) is 31.7 Å². The lowest BCUT2D eigenvalue weighted by atomic mass is 10.0. The molecule has 0 aromatic heterocycles. The minimum atomic E-state index is -0.597. The van der Waals surface area contributed by atoms with E-state index >= 15 is 0 Å². The minimum absolute atomic E-state index is 0.0158. The topological polar surface area (TPSA) is 49.9 Å². The molecular weight excluding hydrogens is 371 g/mol. The van der Waals surface area contributed by atoms with Crippen molar-refractivity contribution in [2.45, 2.75) is 26.2 Å². The van der Waals surface area contributed by atoms with Crippen molar-refractivity contribution in [2.75, 3.05) is 24.6 Å². The van der Waals surface area contributed by atoms with Gasteiger partial charge in [0, 0.05) is 13.1 Å². The number of amides is 2. The molecule has 2 aromatic rings. The largest absolute Gasteiger partial charge is 0.494 e. The summed E-state index contributed by atoms with van der Waals surface area (Å²) >= 11 is 0. The molecule has 0 N–H and O–H groups in total. The molecule has 2 heterocycles. The van der Waals surface area contributed by atoms with E-state index in [1.165, 1.54) is 18.2 Å². The monoisotopic (exact) mass is 394 g/mol. The maximum Gasteiger partial charge on any atom is 0.282 e. The smallest absolute Gasteiger partial charge is 0.282 e. The standard InChI is InChI=1S/C23H23FN2O3/c1-2-29-17-12-10-16(11-13-17)20-21(25-14-6-3-7-15-25)23(28)26(22(20)27)19-9-5-4-8-18(19)24/h4-5,8-13H,2-3,6-7,14-15H2,1H3. The molecule has 0 bridgehead atoms. The Balaban J connectivity index is 1.80. The summed E-state index contributed by atoms with van der Waals surface area (Å²) in [6.07, 6.45) is 3.02. The lowest BCUT2D eigenvalue weighted by Gasteiger charge is -2.29. The van der Waals surface area contributed by atoms with Crippen LogP contribution in [0.4, 0.5) is 10.1 Å². The number of halogens is 1. The number of rotatable bonds is 5. The third-order valence-electron chi connectivity index (χ3n) is 5.28. The summed E-state index contributed by atoms with van der Waals surface area (Å²) in [6, 6.07) is 13.0. The number of hydrogen-bond acceptors (Lipinski definition) is 4. The Hall–Kier alpha value is -3.15. The van der Waals surface area contributed by atoms with Gasteiger partial charge in [0.05, 0.1) is 17.9 Å². The highest BCUT2D eigenvalue weighted by Crippen LogP contribution is 2.37. The van der Waals surface area contributed by atoms with Crippen molar-refractivity contribution in [2.24, 2.45) is 0 Å². The molecule has 0 spiro atoms. The second-order valence-corrected chi connectivity index (χ2v) is 7.13. The molecule has 2 amide bonds. The van der Waals surface area contributed by atoms with Gasteiger partial charge in [-0.3, -0.25) is 9.59 Å². The number of nitrogens with zero attached hydrogens (tertiary/aromatic N) is 2. The first-order valence-electron chi connectivity index (χ1n) is 9.97. The van der Waals surface area contributed by atoms with Crippen molar-refractivity contribution in [1.29, 1.82) is 0 Å². The first kappa shape index (κ1) is 19.2. The number of hydrogen-bond donors (Lipinski definition) is 0. The van der Waals surface area contributed by atoms with Crippen molar-refractivity contribution in [3.8, 4) is 5.75 Å². The van der Waals surface area contributed by atoms with Gasteiger partial charge >= 0.3 is 0 Å². The van der Waals surface area contributed by atoms with E-state index in [1.807, 2.05) is 11.8 Å². The maximum absolute atomic E-state index is 14.4. The summed E-state index contributed by atoms with van der Waals surface area (Å²) in [5, 5.41) is 0. The molecule has 2 aliphatic rings. The number of ether oxygens (including phenoxy) is 1. The van der Waals surface area contributed by atoms with Crippen LogP contribution in [-0.2, 0) is 9.59 Å². The van der Waals surface area contributed by atoms with Crippen molar-refractivity contribution < 1.29 is 18.7 Å². The predicted octanol–water partition coefficient (Wildman–Crippen LogP) is 3.99. The van der Waals surface area contributed by atoms with Gasteiger partial charge in [0.25, 0.3) is 11.8 Å². The molecule has 29 heavy (non-hydrogen) atoms. The minimum Gasteiger partial charge on any atom is -0.494 e. The molecular formula is C23H23FN2O3. The molecule has 4 rings (SSSR count). The molecule has 0 saturated carbocycles. The summed E-state index contributed by atoms with van der Waals surface area (Å²) in [5.41, 5.74) is 1.30. The van der Waals surface area contributed by atoms with E-state index in [2.05, 4.69) is 0 Å². The molecule has 2 aromatic carbocycles. The number of piperidine rings is 1. The van der Waals surface area contributed by atoms with E-state index in [0.717, 1.165) is 24.2 Å². The molecule has 0 unspecified atom stereocenters. The van der Waals surface area contributed by atoms with Gasteiger partial charge in [0.15, 0.2) is 0 Å². The Morgan fingerprint density at radius 1 is 0.931 bits per heavy atom. The number of carbonyl (C=O) groups excluding carboxylic acids is 2. The second kappa shape index (κ2) is 8.07. The highest BCUT2D eigenvalue weighted by atomic mass is 19.1. The zero-order valence-corrected chi connectivity index (χ0v) is 16.4. The zero-order valence-electron chi connectivity index (χ0n) is 16.4. The fourth-order valence-corrected chi connectivity index (χ4v) is 3.93. The number of anilines is 1. The van der Waals surface area contributed by atoms with E-state index in [0.29, 0.717) is 42.3 Å². The van der Waals surface area contributed by atoms with Crippen LogP contribution in [0.2, 0.25) is 0 Å². The highest BCUT2D eigenvalue weighted by molar-refractivity contribution is 6.45. The van der Waals surface area contributed by atoms with Gasteiger partial charge in [0.2, 0.25) is 0 Å². The number of carbonyl (C=O) groups is 2. The fraction of sp³-hybridized carbons (Fsp3) is 0.304. The molecule has 5 nitrogen and oxygen atoms in total. The van der Waals surface area contributed by atoms with Crippen LogP contribution in [0.3, 0.4) is 0 Å². The number of likely N-dealkylation sites (tertiary alicyclic amines) is 1. The molecule has 6 heteroatoms. The van der Waals surface area contributed by atoms with Gasteiger partial charge in [0.1, 0.15) is 17.3 Å². The lowest BCUT2D eigenvalue weighted by Crippen LogP contribution is -2.37. The van der Waals surface area contributed by atoms with Crippen molar-refractivity contribution >= 4 is 23.1 Å². The summed E-state index contributed by atoms with van der Waals surface area (Å²) in [7, 11) is 0. The predicted molar refractivity (Wildman–Crippen MR) is 109 cm³/mol. The SMILES string of the molecule is CCOc1ccc(C2=C(N3CCCCC3)C(=O)N(c3ccccc3F)C2=O)cc1. The van der Waals surface area contributed by atoms with Gasteiger partial charge < -0.3 is 9.64 Å². The zero-order chi connectivity index (χ0) is 20.4. The lowest BCUT2D eigenvalue weighted by molar-refractivity contribution is -0.120. The second-order valence-electron chi connectivity index (χ2n) is 7.13. The van der Waals surface area contributed by atoms with Crippen LogP contribution in [-0.4, -0.2) is 36.4 Å². The summed E-state index contributed by atoms with van der Waals surface area (Å²) in [5.74, 6) is -0.866. The van der Waals surface area contributed by atoms with E-state index in [-0.39, 0.29) is 5.69 Å². The van der Waals surface area contributed by atoms with Gasteiger partial charge in [-0.15, -0.1) is 0 Å². The van der Waals surface area contributed by atoms with Crippen LogP contribution in [0, 0.1) is 5.82 Å². The van der Waals surface area contributed by atoms with Gasteiger partial charge in [-0.2, -0.15) is 0 Å². The quantitative estimate of drug-likeness (QED) is 0.720. The highest BCUT2D eigenvalue weighted by Gasteiger charge is 2.43. The average Bonchev–Trinajstić information content (AvgIpc) is 3.00. The fourth-order valence-electron chi connectivity index (χ4n) is 3.93. The Morgan fingerprint density at radius 3 is 2.28 bits per heavy atom. The first-order valence-corrected chi connectivity index (χ1v) is 9.97. The van der Waals surface area contributed by atoms with E-state index < -0.39 is 17.6 Å². The van der Waals surface area contributed by atoms with E-state index in [1.54, 1.807) is 30.3 Å². The van der Waals surface area contributed by atoms with Gasteiger partial charge in [-0.25, -0.2) is 9.29 Å². The molecule has 1 saturated heterocycles. The van der Waals surface area contributed by atoms with Gasteiger partial charge in [-0.1, -0.05) is 24.3 Å². The van der Waals surface area contributed by atoms with Crippen molar-refractivity contribution in [3.05, 3.63) is 65.6 Å². The van der Waals surface area contributed by atoms with Crippen LogP contribution in [0.15, 0.2) is 54.2 Å². The molecule has 150 valence electrons. The number of benzene rings is 2. The van der Waals surface area contributed by atoms with Gasteiger partial charge in [-0.05, 0) is 56.0 Å². The Morgan fingerprint density at radius 2 is 1.62 bits per heavy atom. The van der Waals surface area contributed by atoms with Crippen molar-refractivity contribution in [3.63, 3.8) is 0 Å². The number of para-hydroxylation sites is 1. The van der Waals surface area contributed by atoms with Crippen LogP contribution in [0.25, 0.3) is 5.57 Å². The molecule has 0 radical (unpaired) electrons. The third-order valence-corrected chi connectivity index (χ3v) is 5.28. The molecule has 1 fully saturated rings. The first-order chi connectivity index (χ1) is 14.1. The molecule has 2 aliphatic heterocycles. The number of imide groups is 1. The average molecular weight is 394 g/mol.